The molecule has 0 heterocycles. The summed E-state index contributed by atoms with van der Waals surface area (Å²) in [4.78, 5) is 0. The molecule has 1 saturated carbocycles. The first-order valence-electron chi connectivity index (χ1n) is 5.11. The lowest BCUT2D eigenvalue weighted by Crippen LogP contribution is -2.13. The van der Waals surface area contributed by atoms with Crippen molar-refractivity contribution in [3.63, 3.8) is 0 Å². The van der Waals surface area contributed by atoms with Crippen molar-refractivity contribution in [2.24, 2.45) is 5.92 Å². The maximum atomic E-state index is 5.82. The zero-order valence-corrected chi connectivity index (χ0v) is 9.13. The number of hydrogen-bond donors (Lipinski definition) is 0. The SMILES string of the molecule is C[C@@H](Oc1cccc(CCl)c1)C1CC1. The fourth-order valence-corrected chi connectivity index (χ4v) is 1.74. The van der Waals surface area contributed by atoms with E-state index in [4.69, 9.17) is 16.3 Å². The standard InChI is InChI=1S/C12H15ClO/c1-9(11-5-6-11)14-12-4-2-3-10(7-12)8-13/h2-4,7,9,11H,5-6,8H2,1H3/t9-/m1/s1. The molecular weight excluding hydrogens is 196 g/mol. The van der Waals surface area contributed by atoms with Gasteiger partial charge in [-0.15, -0.1) is 11.6 Å². The highest BCUT2D eigenvalue weighted by molar-refractivity contribution is 6.17. The molecule has 1 aromatic rings. The molecule has 1 fully saturated rings. The molecule has 0 radical (unpaired) electrons. The first-order valence-corrected chi connectivity index (χ1v) is 5.64. The minimum atomic E-state index is 0.348. The summed E-state index contributed by atoms with van der Waals surface area (Å²) in [6, 6.07) is 8.02. The van der Waals surface area contributed by atoms with Crippen molar-refractivity contribution >= 4 is 11.6 Å². The van der Waals surface area contributed by atoms with Crippen LogP contribution in [0.15, 0.2) is 24.3 Å². The topological polar surface area (TPSA) is 9.23 Å². The third-order valence-electron chi connectivity index (χ3n) is 2.66. The molecule has 76 valence electrons. The number of alkyl halides is 1. The van der Waals surface area contributed by atoms with Gasteiger partial charge in [-0.05, 0) is 43.4 Å². The second-order valence-electron chi connectivity index (χ2n) is 3.94. The smallest absolute Gasteiger partial charge is 0.120 e. The number of hydrogen-bond acceptors (Lipinski definition) is 1. The van der Waals surface area contributed by atoms with Crippen LogP contribution in [0.5, 0.6) is 5.75 Å². The van der Waals surface area contributed by atoms with Crippen molar-refractivity contribution < 1.29 is 4.74 Å². The molecule has 1 atom stereocenters. The van der Waals surface area contributed by atoms with E-state index < -0.39 is 0 Å². The van der Waals surface area contributed by atoms with E-state index in [0.717, 1.165) is 17.2 Å². The Morgan fingerprint density at radius 3 is 2.93 bits per heavy atom. The molecule has 2 heteroatoms. The maximum absolute atomic E-state index is 5.82. The number of rotatable bonds is 4. The first-order chi connectivity index (χ1) is 6.79. The average molecular weight is 211 g/mol. The van der Waals surface area contributed by atoms with Gasteiger partial charge in [0.1, 0.15) is 5.75 Å². The van der Waals surface area contributed by atoms with Crippen LogP contribution in [0.2, 0.25) is 0 Å². The molecule has 1 aromatic carbocycles. The van der Waals surface area contributed by atoms with Crippen LogP contribution in [-0.2, 0) is 5.88 Å². The summed E-state index contributed by atoms with van der Waals surface area (Å²) in [5, 5.41) is 0. The van der Waals surface area contributed by atoms with Crippen LogP contribution in [0.25, 0.3) is 0 Å². The highest BCUT2D eigenvalue weighted by atomic mass is 35.5. The Hall–Kier alpha value is -0.690. The quantitative estimate of drug-likeness (QED) is 0.690. The van der Waals surface area contributed by atoms with Crippen LogP contribution < -0.4 is 4.74 Å². The van der Waals surface area contributed by atoms with E-state index in [9.17, 15) is 0 Å². The van der Waals surface area contributed by atoms with Crippen molar-refractivity contribution in [2.75, 3.05) is 0 Å². The second-order valence-corrected chi connectivity index (χ2v) is 4.21. The molecule has 1 aliphatic carbocycles. The van der Waals surface area contributed by atoms with Crippen LogP contribution >= 0.6 is 11.6 Å². The van der Waals surface area contributed by atoms with E-state index >= 15 is 0 Å². The van der Waals surface area contributed by atoms with Gasteiger partial charge in [0.05, 0.1) is 6.10 Å². The number of ether oxygens (including phenoxy) is 1. The lowest BCUT2D eigenvalue weighted by Gasteiger charge is -2.14. The second kappa shape index (κ2) is 4.22. The molecule has 0 unspecified atom stereocenters. The molecule has 0 aliphatic heterocycles. The van der Waals surface area contributed by atoms with Crippen molar-refractivity contribution in [1.29, 1.82) is 0 Å². The molecule has 0 saturated heterocycles. The predicted molar refractivity (Wildman–Crippen MR) is 58.8 cm³/mol. The Bertz CT molecular complexity index is 307. The van der Waals surface area contributed by atoms with E-state index in [2.05, 4.69) is 6.92 Å². The highest BCUT2D eigenvalue weighted by Gasteiger charge is 2.29. The van der Waals surface area contributed by atoms with Crippen molar-refractivity contribution in [3.8, 4) is 5.75 Å². The third kappa shape index (κ3) is 2.42. The average Bonchev–Trinajstić information content (AvgIpc) is 3.01. The third-order valence-corrected chi connectivity index (χ3v) is 2.97. The van der Waals surface area contributed by atoms with Crippen LogP contribution in [0.4, 0.5) is 0 Å². The van der Waals surface area contributed by atoms with Gasteiger partial charge in [0, 0.05) is 5.88 Å². The summed E-state index contributed by atoms with van der Waals surface area (Å²) in [5.41, 5.74) is 1.12. The maximum Gasteiger partial charge on any atom is 0.120 e. The predicted octanol–water partition coefficient (Wildman–Crippen LogP) is 3.60. The van der Waals surface area contributed by atoms with E-state index in [1.54, 1.807) is 0 Å². The van der Waals surface area contributed by atoms with Gasteiger partial charge < -0.3 is 4.74 Å². The minimum absolute atomic E-state index is 0.348. The molecule has 14 heavy (non-hydrogen) atoms. The molecule has 0 amide bonds. The van der Waals surface area contributed by atoms with Crippen molar-refractivity contribution in [3.05, 3.63) is 29.8 Å². The van der Waals surface area contributed by atoms with E-state index in [1.807, 2.05) is 24.3 Å². The summed E-state index contributed by atoms with van der Waals surface area (Å²) in [7, 11) is 0. The molecule has 0 N–H and O–H groups in total. The molecule has 1 nitrogen and oxygen atoms in total. The minimum Gasteiger partial charge on any atom is -0.490 e. The fraction of sp³-hybridized carbons (Fsp3) is 0.500. The molecule has 0 bridgehead atoms. The normalized spacial score (nSPS) is 17.9. The summed E-state index contributed by atoms with van der Waals surface area (Å²) >= 11 is 5.75. The van der Waals surface area contributed by atoms with Gasteiger partial charge in [0.2, 0.25) is 0 Å². The Labute approximate surface area is 90.0 Å². The Kier molecular flexibility index (Phi) is 2.97. The number of halogens is 1. The van der Waals surface area contributed by atoms with Gasteiger partial charge in [-0.3, -0.25) is 0 Å². The van der Waals surface area contributed by atoms with Gasteiger partial charge in [-0.25, -0.2) is 0 Å². The van der Waals surface area contributed by atoms with Crippen LogP contribution in [-0.4, -0.2) is 6.10 Å². The summed E-state index contributed by atoms with van der Waals surface area (Å²) < 4.78 is 5.82. The lowest BCUT2D eigenvalue weighted by atomic mass is 10.2. The Morgan fingerprint density at radius 2 is 2.29 bits per heavy atom. The summed E-state index contributed by atoms with van der Waals surface area (Å²) in [6.45, 7) is 2.14. The van der Waals surface area contributed by atoms with Gasteiger partial charge in [0.15, 0.2) is 0 Å². The fourth-order valence-electron chi connectivity index (χ4n) is 1.58. The zero-order chi connectivity index (χ0) is 9.97. The molecule has 2 rings (SSSR count). The van der Waals surface area contributed by atoms with Crippen LogP contribution in [0, 0.1) is 5.92 Å². The van der Waals surface area contributed by atoms with Crippen LogP contribution in [0.1, 0.15) is 25.3 Å². The van der Waals surface area contributed by atoms with Crippen molar-refractivity contribution in [2.45, 2.75) is 31.7 Å². The molecule has 0 spiro atoms. The van der Waals surface area contributed by atoms with Crippen molar-refractivity contribution in [1.82, 2.24) is 0 Å². The first kappa shape index (κ1) is 9.85. The summed E-state index contributed by atoms with van der Waals surface area (Å²) in [5.74, 6) is 2.27. The highest BCUT2D eigenvalue weighted by Crippen LogP contribution is 2.34. The molecule has 1 aliphatic rings. The zero-order valence-electron chi connectivity index (χ0n) is 8.37. The Balaban J connectivity index is 2.00. The molecule has 0 aromatic heterocycles. The molecular formula is C12H15ClO. The van der Waals surface area contributed by atoms with E-state index in [1.165, 1.54) is 12.8 Å². The monoisotopic (exact) mass is 210 g/mol. The number of benzene rings is 1. The van der Waals surface area contributed by atoms with Gasteiger partial charge in [-0.2, -0.15) is 0 Å². The Morgan fingerprint density at radius 1 is 1.50 bits per heavy atom. The summed E-state index contributed by atoms with van der Waals surface area (Å²) in [6.07, 6.45) is 2.98. The van der Waals surface area contributed by atoms with E-state index in [0.29, 0.717) is 12.0 Å². The van der Waals surface area contributed by atoms with Gasteiger partial charge >= 0.3 is 0 Å². The largest absolute Gasteiger partial charge is 0.490 e. The van der Waals surface area contributed by atoms with Gasteiger partial charge in [-0.1, -0.05) is 12.1 Å². The van der Waals surface area contributed by atoms with Crippen LogP contribution in [0.3, 0.4) is 0 Å². The van der Waals surface area contributed by atoms with E-state index in [-0.39, 0.29) is 0 Å². The van der Waals surface area contributed by atoms with Gasteiger partial charge in [0.25, 0.3) is 0 Å². The lowest BCUT2D eigenvalue weighted by molar-refractivity contribution is 0.198.